The second kappa shape index (κ2) is 5.02. The number of nitrogen functional groups attached to an aromatic ring is 1. The minimum absolute atomic E-state index is 0.0995. The summed E-state index contributed by atoms with van der Waals surface area (Å²) in [6.45, 7) is -0.366. The molecule has 0 spiro atoms. The minimum Gasteiger partial charge on any atom is -0.394 e. The number of nitrogens with two attached hydrogens (primary N) is 1. The topological polar surface area (TPSA) is 120 Å². The molecule has 1 aliphatic heterocycles. The molecule has 0 amide bonds. The summed E-state index contributed by atoms with van der Waals surface area (Å²) in [6, 6.07) is 1.44. The maximum absolute atomic E-state index is 11.7. The third-order valence-corrected chi connectivity index (χ3v) is 2.89. The fourth-order valence-electron chi connectivity index (χ4n) is 1.97. The summed E-state index contributed by atoms with van der Waals surface area (Å²) in [6.07, 6.45) is -2.01. The van der Waals surface area contributed by atoms with Crippen molar-refractivity contribution in [3.63, 3.8) is 0 Å². The van der Waals surface area contributed by atoms with Crippen LogP contribution in [-0.2, 0) is 9.47 Å². The van der Waals surface area contributed by atoms with Crippen LogP contribution in [0.15, 0.2) is 17.1 Å². The van der Waals surface area contributed by atoms with E-state index in [1.807, 2.05) is 0 Å². The lowest BCUT2D eigenvalue weighted by molar-refractivity contribution is -0.0624. The second-order valence-corrected chi connectivity index (χ2v) is 3.98. The second-order valence-electron chi connectivity index (χ2n) is 3.98. The zero-order chi connectivity index (χ0) is 13.3. The average Bonchev–Trinajstić information content (AvgIpc) is 2.65. The van der Waals surface area contributed by atoms with E-state index in [2.05, 4.69) is 4.98 Å². The molecular weight excluding hydrogens is 242 g/mol. The number of ether oxygens (including phenoxy) is 2. The molecule has 0 aromatic carbocycles. The zero-order valence-corrected chi connectivity index (χ0v) is 9.76. The van der Waals surface area contributed by atoms with Gasteiger partial charge in [0, 0.05) is 13.3 Å². The molecule has 18 heavy (non-hydrogen) atoms. The molecule has 1 aliphatic rings. The summed E-state index contributed by atoms with van der Waals surface area (Å²) in [5.74, 6) is 0.0995. The number of hydrogen-bond acceptors (Lipinski definition) is 7. The maximum Gasteiger partial charge on any atom is 0.351 e. The van der Waals surface area contributed by atoms with E-state index in [0.717, 1.165) is 0 Å². The van der Waals surface area contributed by atoms with E-state index in [9.17, 15) is 9.90 Å². The normalized spacial score (nSPS) is 31.7. The van der Waals surface area contributed by atoms with E-state index < -0.39 is 30.2 Å². The largest absolute Gasteiger partial charge is 0.394 e. The Kier molecular flexibility index (Phi) is 3.62. The van der Waals surface area contributed by atoms with Crippen molar-refractivity contribution in [1.82, 2.24) is 9.55 Å². The molecule has 8 heteroatoms. The SMILES string of the molecule is CO[C@@H]1C(O)[C@@H](CO)O[C@H]1n1ccc(N)nc1=O. The van der Waals surface area contributed by atoms with Crippen molar-refractivity contribution in [2.45, 2.75) is 24.5 Å². The molecule has 1 aromatic rings. The lowest BCUT2D eigenvalue weighted by Crippen LogP contribution is -2.37. The average molecular weight is 257 g/mol. The van der Waals surface area contributed by atoms with Crippen molar-refractivity contribution in [3.8, 4) is 0 Å². The van der Waals surface area contributed by atoms with Crippen LogP contribution in [0.25, 0.3) is 0 Å². The third-order valence-electron chi connectivity index (χ3n) is 2.89. The summed E-state index contributed by atoms with van der Waals surface area (Å²) in [7, 11) is 1.39. The Morgan fingerprint density at radius 3 is 2.94 bits per heavy atom. The highest BCUT2D eigenvalue weighted by molar-refractivity contribution is 5.23. The molecule has 0 saturated carbocycles. The molecule has 0 radical (unpaired) electrons. The number of aromatic nitrogens is 2. The van der Waals surface area contributed by atoms with Gasteiger partial charge < -0.3 is 25.4 Å². The number of aliphatic hydroxyl groups excluding tert-OH is 2. The summed E-state index contributed by atoms with van der Waals surface area (Å²) >= 11 is 0. The standard InChI is InChI=1S/C10H15N3O5/c1-17-8-7(15)5(4-14)18-9(8)13-3-2-6(11)12-10(13)16/h2-3,5,7-9,14-15H,4H2,1H3,(H2,11,12,16)/t5-,7?,8-,9-/m1/s1. The molecule has 1 saturated heterocycles. The molecule has 1 aromatic heterocycles. The molecule has 4 N–H and O–H groups in total. The van der Waals surface area contributed by atoms with Crippen LogP contribution >= 0.6 is 0 Å². The van der Waals surface area contributed by atoms with Gasteiger partial charge in [0.1, 0.15) is 24.1 Å². The molecule has 100 valence electrons. The van der Waals surface area contributed by atoms with Gasteiger partial charge in [-0.05, 0) is 6.07 Å². The van der Waals surface area contributed by atoms with E-state index in [0.29, 0.717) is 0 Å². The fraction of sp³-hybridized carbons (Fsp3) is 0.600. The van der Waals surface area contributed by atoms with Crippen molar-refractivity contribution in [2.24, 2.45) is 0 Å². The predicted octanol–water partition coefficient (Wildman–Crippen LogP) is -1.91. The molecule has 0 bridgehead atoms. The first-order valence-corrected chi connectivity index (χ1v) is 5.40. The van der Waals surface area contributed by atoms with Crippen molar-refractivity contribution >= 4 is 5.82 Å². The van der Waals surface area contributed by atoms with Crippen LogP contribution in [0.5, 0.6) is 0 Å². The van der Waals surface area contributed by atoms with Gasteiger partial charge in [-0.15, -0.1) is 0 Å². The Morgan fingerprint density at radius 2 is 2.39 bits per heavy atom. The fourth-order valence-corrected chi connectivity index (χ4v) is 1.97. The van der Waals surface area contributed by atoms with Gasteiger partial charge in [0.25, 0.3) is 0 Å². The van der Waals surface area contributed by atoms with Gasteiger partial charge in [0.05, 0.1) is 6.61 Å². The Morgan fingerprint density at radius 1 is 1.67 bits per heavy atom. The minimum atomic E-state index is -1.02. The molecule has 8 nitrogen and oxygen atoms in total. The summed E-state index contributed by atoms with van der Waals surface area (Å²) in [5.41, 5.74) is 4.78. The first-order valence-electron chi connectivity index (χ1n) is 5.40. The zero-order valence-electron chi connectivity index (χ0n) is 9.76. The number of rotatable bonds is 3. The smallest absolute Gasteiger partial charge is 0.351 e. The lowest BCUT2D eigenvalue weighted by Gasteiger charge is -2.20. The van der Waals surface area contributed by atoms with Crippen LogP contribution in [-0.4, -0.2) is 51.8 Å². The highest BCUT2D eigenvalue weighted by Crippen LogP contribution is 2.30. The number of anilines is 1. The third kappa shape index (κ3) is 2.10. The highest BCUT2D eigenvalue weighted by Gasteiger charge is 2.45. The molecule has 4 atom stereocenters. The van der Waals surface area contributed by atoms with Crippen molar-refractivity contribution < 1.29 is 19.7 Å². The molecule has 1 fully saturated rings. The van der Waals surface area contributed by atoms with E-state index in [1.54, 1.807) is 0 Å². The molecule has 2 rings (SSSR count). The molecule has 2 heterocycles. The van der Waals surface area contributed by atoms with Gasteiger partial charge in [0.15, 0.2) is 6.23 Å². The number of hydrogen-bond donors (Lipinski definition) is 3. The first kappa shape index (κ1) is 13.0. The van der Waals surface area contributed by atoms with E-state index in [-0.39, 0.29) is 12.4 Å². The van der Waals surface area contributed by atoms with Gasteiger partial charge in [-0.3, -0.25) is 4.57 Å². The van der Waals surface area contributed by atoms with Crippen molar-refractivity contribution in [1.29, 1.82) is 0 Å². The highest BCUT2D eigenvalue weighted by atomic mass is 16.6. The Hall–Kier alpha value is -1.48. The van der Waals surface area contributed by atoms with Crippen molar-refractivity contribution in [3.05, 3.63) is 22.7 Å². The van der Waals surface area contributed by atoms with Crippen LogP contribution < -0.4 is 11.4 Å². The molecular formula is C10H15N3O5. The number of methoxy groups -OCH3 is 1. The van der Waals surface area contributed by atoms with Gasteiger partial charge in [-0.2, -0.15) is 4.98 Å². The van der Waals surface area contributed by atoms with E-state index in [4.69, 9.17) is 20.3 Å². The maximum atomic E-state index is 11.7. The molecule has 1 unspecified atom stereocenters. The van der Waals surface area contributed by atoms with Gasteiger partial charge in [0.2, 0.25) is 0 Å². The monoisotopic (exact) mass is 257 g/mol. The van der Waals surface area contributed by atoms with Crippen molar-refractivity contribution in [2.75, 3.05) is 19.5 Å². The van der Waals surface area contributed by atoms with E-state index >= 15 is 0 Å². The molecule has 0 aliphatic carbocycles. The van der Waals surface area contributed by atoms with Gasteiger partial charge in [-0.25, -0.2) is 4.79 Å². The van der Waals surface area contributed by atoms with Crippen LogP contribution in [0.4, 0.5) is 5.82 Å². The predicted molar refractivity (Wildman–Crippen MR) is 60.7 cm³/mol. The Bertz CT molecular complexity index is 477. The van der Waals surface area contributed by atoms with Crippen LogP contribution in [0, 0.1) is 0 Å². The summed E-state index contributed by atoms with van der Waals surface area (Å²) in [5, 5.41) is 18.9. The number of nitrogens with zero attached hydrogens (tertiary/aromatic N) is 2. The van der Waals surface area contributed by atoms with Crippen LogP contribution in [0.2, 0.25) is 0 Å². The van der Waals surface area contributed by atoms with Crippen LogP contribution in [0.3, 0.4) is 0 Å². The first-order chi connectivity index (χ1) is 8.58. The van der Waals surface area contributed by atoms with E-state index in [1.165, 1.54) is 23.9 Å². The quantitative estimate of drug-likeness (QED) is 0.578. The Labute approximate surface area is 103 Å². The Balaban J connectivity index is 2.35. The van der Waals surface area contributed by atoms with Gasteiger partial charge in [-0.1, -0.05) is 0 Å². The summed E-state index contributed by atoms with van der Waals surface area (Å²) < 4.78 is 11.7. The number of aliphatic hydroxyl groups is 2. The lowest BCUT2D eigenvalue weighted by atomic mass is 10.1. The van der Waals surface area contributed by atoms with Crippen LogP contribution in [0.1, 0.15) is 6.23 Å². The summed E-state index contributed by atoms with van der Waals surface area (Å²) in [4.78, 5) is 15.3. The van der Waals surface area contributed by atoms with Gasteiger partial charge >= 0.3 is 5.69 Å².